The minimum Gasteiger partial charge on any atom is -0.423 e. The van der Waals surface area contributed by atoms with Gasteiger partial charge in [0.1, 0.15) is 5.49 Å². The van der Waals surface area contributed by atoms with Crippen molar-refractivity contribution < 1.29 is 4.42 Å². The Morgan fingerprint density at radius 1 is 0.950 bits per heavy atom. The highest BCUT2D eigenvalue weighted by atomic mass is 16.4. The van der Waals surface area contributed by atoms with Gasteiger partial charge in [0.2, 0.25) is 0 Å². The van der Waals surface area contributed by atoms with Gasteiger partial charge in [-0.1, -0.05) is 42.5 Å². The van der Waals surface area contributed by atoms with Crippen LogP contribution < -0.4 is 5.49 Å². The van der Waals surface area contributed by atoms with Gasteiger partial charge in [0.25, 0.3) is 0 Å². The molecule has 0 saturated heterocycles. The number of aromatic nitrogens is 2. The molecular weight excluding hydrogens is 250 g/mol. The van der Waals surface area contributed by atoms with Crippen LogP contribution in [0.3, 0.4) is 0 Å². The molecule has 0 aliphatic heterocycles. The zero-order chi connectivity index (χ0) is 13.5. The van der Waals surface area contributed by atoms with Crippen LogP contribution in [0.1, 0.15) is 0 Å². The van der Waals surface area contributed by atoms with E-state index in [1.54, 1.807) is 4.40 Å². The molecule has 4 aromatic rings. The van der Waals surface area contributed by atoms with Crippen LogP contribution in [0.5, 0.6) is 0 Å². The highest BCUT2D eigenvalue weighted by Crippen LogP contribution is 2.21. The SMILES string of the molecule is N=c1c2ccccc2nc2oc(-c3ccccc3)cn12. The van der Waals surface area contributed by atoms with Crippen LogP contribution in [-0.2, 0) is 0 Å². The molecule has 0 bridgehead atoms. The molecule has 1 N–H and O–H groups in total. The Labute approximate surface area is 114 Å². The highest BCUT2D eigenvalue weighted by Gasteiger charge is 2.09. The number of nitrogens with one attached hydrogen (secondary N) is 1. The fourth-order valence-corrected chi connectivity index (χ4v) is 2.32. The molecule has 4 heteroatoms. The van der Waals surface area contributed by atoms with Crippen LogP contribution in [0.2, 0.25) is 0 Å². The van der Waals surface area contributed by atoms with Crippen molar-refractivity contribution in [3.05, 3.63) is 66.3 Å². The Balaban J connectivity index is 2.07. The van der Waals surface area contributed by atoms with E-state index in [0.717, 1.165) is 16.5 Å². The zero-order valence-corrected chi connectivity index (χ0v) is 10.6. The summed E-state index contributed by atoms with van der Waals surface area (Å²) in [5, 5.41) is 9.08. The molecule has 96 valence electrons. The van der Waals surface area contributed by atoms with Gasteiger partial charge in [-0.05, 0) is 12.1 Å². The Morgan fingerprint density at radius 3 is 2.55 bits per heavy atom. The van der Waals surface area contributed by atoms with Crippen molar-refractivity contribution >= 4 is 16.7 Å². The summed E-state index contributed by atoms with van der Waals surface area (Å²) in [6.45, 7) is 0. The number of oxazole rings is 1. The number of rotatable bonds is 1. The van der Waals surface area contributed by atoms with Gasteiger partial charge in [0.05, 0.1) is 11.7 Å². The first-order valence-corrected chi connectivity index (χ1v) is 6.34. The third-order valence-electron chi connectivity index (χ3n) is 3.33. The molecule has 0 saturated carbocycles. The summed E-state index contributed by atoms with van der Waals surface area (Å²) in [6.07, 6.45) is 1.81. The molecule has 4 rings (SSSR count). The lowest BCUT2D eigenvalue weighted by Gasteiger charge is -1.97. The maximum atomic E-state index is 8.27. The third-order valence-corrected chi connectivity index (χ3v) is 3.33. The fraction of sp³-hybridized carbons (Fsp3) is 0. The monoisotopic (exact) mass is 261 g/mol. The summed E-state index contributed by atoms with van der Waals surface area (Å²) in [4.78, 5) is 4.46. The van der Waals surface area contributed by atoms with E-state index in [2.05, 4.69) is 4.98 Å². The number of hydrogen-bond donors (Lipinski definition) is 1. The molecule has 2 heterocycles. The molecule has 0 unspecified atom stereocenters. The first kappa shape index (κ1) is 11.0. The van der Waals surface area contributed by atoms with E-state index in [-0.39, 0.29) is 0 Å². The van der Waals surface area contributed by atoms with E-state index in [1.807, 2.05) is 60.8 Å². The molecule has 0 spiro atoms. The number of para-hydroxylation sites is 1. The molecule has 0 radical (unpaired) electrons. The molecule has 4 nitrogen and oxygen atoms in total. The minimum absolute atomic E-state index is 0.386. The number of benzene rings is 2. The van der Waals surface area contributed by atoms with Crippen molar-refractivity contribution in [2.24, 2.45) is 0 Å². The Hall–Kier alpha value is -2.88. The van der Waals surface area contributed by atoms with Crippen molar-refractivity contribution in [3.63, 3.8) is 0 Å². The third kappa shape index (κ3) is 1.55. The first-order chi connectivity index (χ1) is 9.83. The predicted octanol–water partition coefficient (Wildman–Crippen LogP) is 3.23. The van der Waals surface area contributed by atoms with Crippen LogP contribution in [0.4, 0.5) is 0 Å². The average molecular weight is 261 g/mol. The van der Waals surface area contributed by atoms with Crippen molar-refractivity contribution in [1.29, 1.82) is 5.41 Å². The summed E-state index contributed by atoms with van der Waals surface area (Å²) in [5.41, 5.74) is 2.13. The molecule has 0 aliphatic rings. The Bertz CT molecular complexity index is 967. The normalized spacial score (nSPS) is 11.2. The van der Waals surface area contributed by atoms with Gasteiger partial charge in [-0.25, -0.2) is 0 Å². The Morgan fingerprint density at radius 2 is 1.70 bits per heavy atom. The molecule has 20 heavy (non-hydrogen) atoms. The van der Waals surface area contributed by atoms with E-state index >= 15 is 0 Å². The topological polar surface area (TPSA) is 54.3 Å². The van der Waals surface area contributed by atoms with Gasteiger partial charge in [-0.15, -0.1) is 0 Å². The molecule has 0 atom stereocenters. The van der Waals surface area contributed by atoms with Crippen molar-refractivity contribution in [2.75, 3.05) is 0 Å². The lowest BCUT2D eigenvalue weighted by atomic mass is 10.2. The predicted molar refractivity (Wildman–Crippen MR) is 76.3 cm³/mol. The maximum Gasteiger partial charge on any atom is 0.308 e. The molecule has 2 aromatic heterocycles. The van der Waals surface area contributed by atoms with E-state index in [9.17, 15) is 0 Å². The van der Waals surface area contributed by atoms with Gasteiger partial charge in [-0.2, -0.15) is 4.98 Å². The smallest absolute Gasteiger partial charge is 0.308 e. The van der Waals surface area contributed by atoms with Gasteiger partial charge in [-0.3, -0.25) is 9.81 Å². The Kier molecular flexibility index (Phi) is 2.23. The maximum absolute atomic E-state index is 8.27. The standard InChI is InChI=1S/C16H11N3O/c17-15-12-8-4-5-9-13(12)18-16-19(15)10-14(20-16)11-6-2-1-3-7-11/h1-10,17H. The van der Waals surface area contributed by atoms with Crippen molar-refractivity contribution in [3.8, 4) is 11.3 Å². The van der Waals surface area contributed by atoms with Crippen molar-refractivity contribution in [1.82, 2.24) is 9.38 Å². The van der Waals surface area contributed by atoms with Gasteiger partial charge in [0, 0.05) is 10.9 Å². The van der Waals surface area contributed by atoms with Crippen LogP contribution in [0, 0.1) is 5.41 Å². The van der Waals surface area contributed by atoms with Gasteiger partial charge in [0.15, 0.2) is 5.76 Å². The van der Waals surface area contributed by atoms with Gasteiger partial charge >= 0.3 is 5.84 Å². The summed E-state index contributed by atoms with van der Waals surface area (Å²) in [7, 11) is 0. The molecular formula is C16H11N3O. The molecule has 0 aliphatic carbocycles. The second kappa shape index (κ2) is 4.06. The van der Waals surface area contributed by atoms with E-state index in [1.165, 1.54) is 0 Å². The van der Waals surface area contributed by atoms with E-state index < -0.39 is 0 Å². The summed E-state index contributed by atoms with van der Waals surface area (Å²) >= 11 is 0. The highest BCUT2D eigenvalue weighted by molar-refractivity contribution is 5.78. The lowest BCUT2D eigenvalue weighted by Crippen LogP contribution is -2.12. The lowest BCUT2D eigenvalue weighted by molar-refractivity contribution is 0.606. The minimum atomic E-state index is 0.386. The van der Waals surface area contributed by atoms with Crippen LogP contribution in [-0.4, -0.2) is 9.38 Å². The molecule has 2 aromatic carbocycles. The number of fused-ring (bicyclic) bond motifs is 2. The summed E-state index contributed by atoms with van der Waals surface area (Å²) < 4.78 is 7.45. The average Bonchev–Trinajstić information content (AvgIpc) is 2.93. The van der Waals surface area contributed by atoms with Gasteiger partial charge < -0.3 is 4.42 Å². The van der Waals surface area contributed by atoms with Crippen LogP contribution >= 0.6 is 0 Å². The number of hydrogen-bond acceptors (Lipinski definition) is 3. The zero-order valence-electron chi connectivity index (χ0n) is 10.6. The quantitative estimate of drug-likeness (QED) is 0.572. The van der Waals surface area contributed by atoms with E-state index in [0.29, 0.717) is 17.1 Å². The van der Waals surface area contributed by atoms with E-state index in [4.69, 9.17) is 9.83 Å². The summed E-state index contributed by atoms with van der Waals surface area (Å²) in [5.74, 6) is 1.15. The van der Waals surface area contributed by atoms with Crippen LogP contribution in [0.25, 0.3) is 28.1 Å². The second-order valence-corrected chi connectivity index (χ2v) is 4.59. The van der Waals surface area contributed by atoms with Crippen LogP contribution in [0.15, 0.2) is 65.2 Å². The first-order valence-electron chi connectivity index (χ1n) is 6.34. The summed E-state index contributed by atoms with van der Waals surface area (Å²) in [6, 6.07) is 17.4. The fourth-order valence-electron chi connectivity index (χ4n) is 2.32. The number of nitrogens with zero attached hydrogens (tertiary/aromatic N) is 2. The molecule has 0 amide bonds. The second-order valence-electron chi connectivity index (χ2n) is 4.59. The largest absolute Gasteiger partial charge is 0.423 e. The molecule has 0 fully saturated rings. The van der Waals surface area contributed by atoms with Crippen molar-refractivity contribution in [2.45, 2.75) is 0 Å².